The van der Waals surface area contributed by atoms with E-state index in [1.54, 1.807) is 16.3 Å². The molecular weight excluding hydrogens is 388 g/mol. The highest BCUT2D eigenvalue weighted by molar-refractivity contribution is 8.13. The summed E-state index contributed by atoms with van der Waals surface area (Å²) in [4.78, 5) is 17.9. The number of carbonyl (C=O) groups is 1. The van der Waals surface area contributed by atoms with Gasteiger partial charge in [-0.3, -0.25) is 15.1 Å². The Balaban J connectivity index is 1.56. The maximum Gasteiger partial charge on any atom is 0.276 e. The van der Waals surface area contributed by atoms with Crippen molar-refractivity contribution in [1.29, 1.82) is 0 Å². The van der Waals surface area contributed by atoms with Gasteiger partial charge in [0.15, 0.2) is 11.3 Å². The molecule has 5 nitrogen and oxygen atoms in total. The van der Waals surface area contributed by atoms with Crippen LogP contribution in [0.4, 0.5) is 0 Å². The van der Waals surface area contributed by atoms with Gasteiger partial charge in [-0.25, -0.2) is 5.01 Å². The first-order chi connectivity index (χ1) is 13.8. The molecule has 0 saturated heterocycles. The minimum Gasteiger partial charge on any atom is -0.298 e. The van der Waals surface area contributed by atoms with Crippen LogP contribution in [-0.2, 0) is 10.5 Å². The molecule has 2 aliphatic heterocycles. The number of rotatable bonds is 3. The van der Waals surface area contributed by atoms with Gasteiger partial charge in [0.05, 0.1) is 5.36 Å². The third kappa shape index (κ3) is 3.12. The van der Waals surface area contributed by atoms with Gasteiger partial charge in [-0.2, -0.15) is 11.3 Å². The summed E-state index contributed by atoms with van der Waals surface area (Å²) in [5.41, 5.74) is 2.76. The Morgan fingerprint density at radius 3 is 2.71 bits per heavy atom. The molecule has 1 N–H and O–H groups in total. The highest BCUT2D eigenvalue weighted by atomic mass is 32.2. The summed E-state index contributed by atoms with van der Waals surface area (Å²) in [6.07, 6.45) is -0.338. The first-order valence-corrected chi connectivity index (χ1v) is 10.8. The first-order valence-electron chi connectivity index (χ1n) is 8.85. The standard InChI is InChI=1S/C21H16N4OS2/c26-20-18-16-8-4-5-9-17(16)22-19(15-10-11-27-13-15)25(18)24-21(23-20)28-12-14-6-2-1-3-7-14/h1-11,13,19H,12H2,(H,23,24,26)/t19-/m0/s1. The van der Waals surface area contributed by atoms with E-state index in [0.717, 1.165) is 21.9 Å². The lowest BCUT2D eigenvalue weighted by atomic mass is 10.1. The van der Waals surface area contributed by atoms with Crippen LogP contribution in [0.2, 0.25) is 0 Å². The Hall–Kier alpha value is -2.90. The molecule has 0 saturated carbocycles. The van der Waals surface area contributed by atoms with Crippen LogP contribution < -0.4 is 15.9 Å². The minimum atomic E-state index is -0.338. The summed E-state index contributed by atoms with van der Waals surface area (Å²) >= 11 is 3.13. The van der Waals surface area contributed by atoms with E-state index in [4.69, 9.17) is 10.1 Å². The number of amides is 1. The molecule has 5 rings (SSSR count). The summed E-state index contributed by atoms with van der Waals surface area (Å²) in [6.45, 7) is 0. The average Bonchev–Trinajstić information content (AvgIpc) is 3.27. The lowest BCUT2D eigenvalue weighted by molar-refractivity contribution is -0.116. The monoisotopic (exact) mass is 404 g/mol. The van der Waals surface area contributed by atoms with Crippen molar-refractivity contribution < 1.29 is 4.79 Å². The molecule has 0 fully saturated rings. The normalized spacial score (nSPS) is 17.9. The number of nitrogens with zero attached hydrogens (tertiary/aromatic N) is 3. The molecule has 3 heterocycles. The van der Waals surface area contributed by atoms with E-state index in [0.29, 0.717) is 10.9 Å². The Morgan fingerprint density at radius 1 is 1.07 bits per heavy atom. The van der Waals surface area contributed by atoms with Crippen molar-refractivity contribution in [3.63, 3.8) is 0 Å². The SMILES string of the molecule is O=C1NC(SCc2ccccc2)=NN2C1=c1ccccc1=N[C@@H]2c1ccsc1. The van der Waals surface area contributed by atoms with Crippen LogP contribution >= 0.6 is 23.1 Å². The topological polar surface area (TPSA) is 57.1 Å². The molecule has 1 atom stereocenters. The fraction of sp³-hybridized carbons (Fsp3) is 0.0952. The summed E-state index contributed by atoms with van der Waals surface area (Å²) in [5.74, 6) is 0.591. The van der Waals surface area contributed by atoms with Crippen LogP contribution in [0, 0.1) is 0 Å². The fourth-order valence-electron chi connectivity index (χ4n) is 3.26. The number of fused-ring (bicyclic) bond motifs is 2. The molecule has 138 valence electrons. The molecule has 2 aliphatic rings. The van der Waals surface area contributed by atoms with Crippen molar-refractivity contribution in [2.24, 2.45) is 10.1 Å². The number of hydrazone groups is 1. The van der Waals surface area contributed by atoms with Crippen molar-refractivity contribution in [3.8, 4) is 0 Å². The van der Waals surface area contributed by atoms with Crippen LogP contribution in [0.15, 0.2) is 81.5 Å². The van der Waals surface area contributed by atoms with E-state index in [2.05, 4.69) is 22.8 Å². The van der Waals surface area contributed by atoms with Crippen molar-refractivity contribution in [3.05, 3.63) is 93.1 Å². The second kappa shape index (κ2) is 7.26. The smallest absolute Gasteiger partial charge is 0.276 e. The van der Waals surface area contributed by atoms with E-state index >= 15 is 0 Å². The van der Waals surface area contributed by atoms with Crippen LogP contribution in [0.25, 0.3) is 5.70 Å². The van der Waals surface area contributed by atoms with E-state index in [1.165, 1.54) is 17.3 Å². The molecule has 2 aromatic carbocycles. The maximum absolute atomic E-state index is 13.0. The van der Waals surface area contributed by atoms with Gasteiger partial charge in [-0.15, -0.1) is 5.10 Å². The summed E-state index contributed by atoms with van der Waals surface area (Å²) < 4.78 is 0. The van der Waals surface area contributed by atoms with Crippen LogP contribution in [-0.4, -0.2) is 16.1 Å². The number of hydrogen-bond acceptors (Lipinski definition) is 6. The fourth-order valence-corrected chi connectivity index (χ4v) is 4.74. The number of thioether (sulfide) groups is 1. The third-order valence-electron chi connectivity index (χ3n) is 4.58. The van der Waals surface area contributed by atoms with Gasteiger partial charge >= 0.3 is 0 Å². The van der Waals surface area contributed by atoms with Gasteiger partial charge in [0, 0.05) is 16.5 Å². The van der Waals surface area contributed by atoms with Gasteiger partial charge in [-0.1, -0.05) is 60.3 Å². The third-order valence-corrected chi connectivity index (χ3v) is 6.21. The van der Waals surface area contributed by atoms with Crippen molar-refractivity contribution in [2.75, 3.05) is 0 Å². The Morgan fingerprint density at radius 2 is 1.89 bits per heavy atom. The summed E-state index contributed by atoms with van der Waals surface area (Å²) in [5, 5.41) is 15.8. The molecule has 1 aromatic heterocycles. The number of benzene rings is 2. The highest BCUT2D eigenvalue weighted by Gasteiger charge is 2.34. The number of carbonyl (C=O) groups excluding carboxylic acids is 1. The second-order valence-electron chi connectivity index (χ2n) is 6.40. The predicted molar refractivity (Wildman–Crippen MR) is 113 cm³/mol. The second-order valence-corrected chi connectivity index (χ2v) is 8.15. The zero-order chi connectivity index (χ0) is 18.9. The molecule has 1 amide bonds. The van der Waals surface area contributed by atoms with Gasteiger partial charge in [0.1, 0.15) is 5.70 Å². The molecular formula is C21H16N4OS2. The van der Waals surface area contributed by atoms with E-state index < -0.39 is 0 Å². The van der Waals surface area contributed by atoms with Crippen LogP contribution in [0.3, 0.4) is 0 Å². The summed E-state index contributed by atoms with van der Waals surface area (Å²) in [7, 11) is 0. The minimum absolute atomic E-state index is 0.145. The zero-order valence-corrected chi connectivity index (χ0v) is 16.4. The van der Waals surface area contributed by atoms with E-state index in [-0.39, 0.29) is 12.1 Å². The molecule has 0 spiro atoms. The quantitative estimate of drug-likeness (QED) is 0.730. The largest absolute Gasteiger partial charge is 0.298 e. The summed E-state index contributed by atoms with van der Waals surface area (Å²) in [6, 6.07) is 19.9. The Kier molecular flexibility index (Phi) is 4.46. The molecule has 3 aromatic rings. The van der Waals surface area contributed by atoms with Crippen molar-refractivity contribution >= 4 is 39.9 Å². The molecule has 28 heavy (non-hydrogen) atoms. The van der Waals surface area contributed by atoms with E-state index in [9.17, 15) is 4.79 Å². The highest BCUT2D eigenvalue weighted by Crippen LogP contribution is 2.32. The van der Waals surface area contributed by atoms with Crippen LogP contribution in [0.5, 0.6) is 0 Å². The molecule has 0 radical (unpaired) electrons. The van der Waals surface area contributed by atoms with Crippen molar-refractivity contribution in [2.45, 2.75) is 11.9 Å². The molecule has 0 aliphatic carbocycles. The number of thiophene rings is 1. The Bertz CT molecular complexity index is 1170. The number of para-hydroxylation sites is 1. The molecule has 7 heteroatoms. The van der Waals surface area contributed by atoms with E-state index in [1.807, 2.05) is 53.9 Å². The zero-order valence-electron chi connectivity index (χ0n) is 14.8. The molecule has 0 bridgehead atoms. The van der Waals surface area contributed by atoms with Crippen molar-refractivity contribution in [1.82, 2.24) is 10.3 Å². The lowest BCUT2D eigenvalue weighted by Crippen LogP contribution is -2.50. The Labute approximate surface area is 170 Å². The van der Waals surface area contributed by atoms with Crippen LogP contribution in [0.1, 0.15) is 17.3 Å². The maximum atomic E-state index is 13.0. The van der Waals surface area contributed by atoms with Gasteiger partial charge in [0.2, 0.25) is 0 Å². The van der Waals surface area contributed by atoms with Gasteiger partial charge in [-0.05, 0) is 28.5 Å². The number of amidine groups is 1. The number of hydrogen-bond donors (Lipinski definition) is 1. The molecule has 0 unspecified atom stereocenters. The van der Waals surface area contributed by atoms with Gasteiger partial charge in [0.25, 0.3) is 5.91 Å². The van der Waals surface area contributed by atoms with Gasteiger partial charge < -0.3 is 0 Å². The lowest BCUT2D eigenvalue weighted by Gasteiger charge is -2.33. The average molecular weight is 405 g/mol. The first kappa shape index (κ1) is 17.2. The predicted octanol–water partition coefficient (Wildman–Crippen LogP) is 2.82. The number of nitrogens with one attached hydrogen (secondary N) is 1.